The molecular weight excluding hydrogens is 306 g/mol. The molecule has 0 aliphatic rings. The highest BCUT2D eigenvalue weighted by atomic mass is 79.9. The standard InChI is InChI=1S/C15H14BrNO2/c1-18-13-7-11(8-14(9-13)19-2)15(17)10-4-3-5-12(16)6-10/h3-9,17H,1-2H3. The Kier molecular flexibility index (Phi) is 4.22. The molecule has 0 unspecified atom stereocenters. The van der Waals surface area contributed by atoms with Gasteiger partial charge in [0, 0.05) is 21.7 Å². The lowest BCUT2D eigenvalue weighted by Crippen LogP contribution is -2.02. The topological polar surface area (TPSA) is 42.3 Å². The molecule has 0 bridgehead atoms. The van der Waals surface area contributed by atoms with Crippen LogP contribution in [0.3, 0.4) is 0 Å². The predicted octanol–water partition coefficient (Wildman–Crippen LogP) is 3.88. The Labute approximate surface area is 120 Å². The molecule has 4 heteroatoms. The van der Waals surface area contributed by atoms with Crippen LogP contribution in [0.4, 0.5) is 0 Å². The normalized spacial score (nSPS) is 10.1. The number of methoxy groups -OCH3 is 2. The van der Waals surface area contributed by atoms with Gasteiger partial charge in [0.2, 0.25) is 0 Å². The van der Waals surface area contributed by atoms with Gasteiger partial charge in [0.1, 0.15) is 11.5 Å². The molecular formula is C15H14BrNO2. The fourth-order valence-electron chi connectivity index (χ4n) is 1.76. The Morgan fingerprint density at radius 1 is 0.947 bits per heavy atom. The Morgan fingerprint density at radius 3 is 2.11 bits per heavy atom. The SMILES string of the molecule is COc1cc(OC)cc(C(=N)c2cccc(Br)c2)c1. The minimum atomic E-state index is 0.429. The van der Waals surface area contributed by atoms with Crippen molar-refractivity contribution in [1.29, 1.82) is 5.41 Å². The van der Waals surface area contributed by atoms with Gasteiger partial charge in [-0.25, -0.2) is 0 Å². The number of nitrogens with one attached hydrogen (secondary N) is 1. The molecule has 0 aliphatic heterocycles. The maximum atomic E-state index is 8.28. The molecule has 0 fully saturated rings. The smallest absolute Gasteiger partial charge is 0.123 e. The van der Waals surface area contributed by atoms with Gasteiger partial charge in [-0.15, -0.1) is 0 Å². The quantitative estimate of drug-likeness (QED) is 0.869. The molecule has 0 amide bonds. The highest BCUT2D eigenvalue weighted by molar-refractivity contribution is 9.10. The molecule has 0 aromatic heterocycles. The molecule has 0 atom stereocenters. The Morgan fingerprint density at radius 2 is 1.58 bits per heavy atom. The highest BCUT2D eigenvalue weighted by Crippen LogP contribution is 2.24. The van der Waals surface area contributed by atoms with E-state index in [0.717, 1.165) is 15.6 Å². The summed E-state index contributed by atoms with van der Waals surface area (Å²) in [6.07, 6.45) is 0. The molecule has 0 aliphatic carbocycles. The fraction of sp³-hybridized carbons (Fsp3) is 0.133. The van der Waals surface area contributed by atoms with Crippen molar-refractivity contribution >= 4 is 21.6 Å². The fourth-order valence-corrected chi connectivity index (χ4v) is 2.16. The molecule has 19 heavy (non-hydrogen) atoms. The van der Waals surface area contributed by atoms with Crippen LogP contribution in [-0.4, -0.2) is 19.9 Å². The summed E-state index contributed by atoms with van der Waals surface area (Å²) in [5, 5.41) is 8.28. The van der Waals surface area contributed by atoms with E-state index in [1.807, 2.05) is 36.4 Å². The van der Waals surface area contributed by atoms with Crippen molar-refractivity contribution in [2.45, 2.75) is 0 Å². The zero-order valence-electron chi connectivity index (χ0n) is 10.7. The molecule has 0 heterocycles. The number of benzene rings is 2. The van der Waals surface area contributed by atoms with Gasteiger partial charge >= 0.3 is 0 Å². The third-order valence-corrected chi connectivity index (χ3v) is 3.25. The van der Waals surface area contributed by atoms with E-state index in [4.69, 9.17) is 14.9 Å². The first-order chi connectivity index (χ1) is 9.13. The molecule has 98 valence electrons. The van der Waals surface area contributed by atoms with Crippen LogP contribution in [0, 0.1) is 5.41 Å². The summed E-state index contributed by atoms with van der Waals surface area (Å²) in [6.45, 7) is 0. The minimum absolute atomic E-state index is 0.429. The van der Waals surface area contributed by atoms with E-state index in [2.05, 4.69) is 15.9 Å². The van der Waals surface area contributed by atoms with Gasteiger partial charge in [0.15, 0.2) is 0 Å². The molecule has 0 saturated carbocycles. The summed E-state index contributed by atoms with van der Waals surface area (Å²) in [5.41, 5.74) is 2.03. The minimum Gasteiger partial charge on any atom is -0.497 e. The predicted molar refractivity (Wildman–Crippen MR) is 79.6 cm³/mol. The van der Waals surface area contributed by atoms with Crippen LogP contribution in [0.15, 0.2) is 46.9 Å². The van der Waals surface area contributed by atoms with Crippen LogP contribution in [0.1, 0.15) is 11.1 Å². The Hall–Kier alpha value is -1.81. The van der Waals surface area contributed by atoms with Crippen molar-refractivity contribution in [3.63, 3.8) is 0 Å². The number of rotatable bonds is 4. The van der Waals surface area contributed by atoms with Crippen LogP contribution in [0.25, 0.3) is 0 Å². The average molecular weight is 320 g/mol. The summed E-state index contributed by atoms with van der Waals surface area (Å²) in [6, 6.07) is 13.1. The number of hydrogen-bond acceptors (Lipinski definition) is 3. The Bertz CT molecular complexity index is 589. The molecule has 2 rings (SSSR count). The number of hydrogen-bond donors (Lipinski definition) is 1. The van der Waals surface area contributed by atoms with Gasteiger partial charge in [-0.05, 0) is 24.3 Å². The van der Waals surface area contributed by atoms with Crippen molar-refractivity contribution in [3.05, 3.63) is 58.1 Å². The van der Waals surface area contributed by atoms with Gasteiger partial charge < -0.3 is 9.47 Å². The summed E-state index contributed by atoms with van der Waals surface area (Å²) in [7, 11) is 3.20. The molecule has 1 N–H and O–H groups in total. The first kappa shape index (κ1) is 13.6. The second-order valence-electron chi connectivity index (χ2n) is 3.99. The van der Waals surface area contributed by atoms with Crippen LogP contribution in [-0.2, 0) is 0 Å². The molecule has 3 nitrogen and oxygen atoms in total. The second-order valence-corrected chi connectivity index (χ2v) is 4.90. The van der Waals surface area contributed by atoms with E-state index in [1.54, 1.807) is 20.3 Å². The van der Waals surface area contributed by atoms with Gasteiger partial charge in [-0.2, -0.15) is 0 Å². The molecule has 2 aromatic rings. The van der Waals surface area contributed by atoms with Gasteiger partial charge in [0.25, 0.3) is 0 Å². The lowest BCUT2D eigenvalue weighted by molar-refractivity contribution is 0.394. The summed E-state index contributed by atoms with van der Waals surface area (Å²) in [4.78, 5) is 0. The van der Waals surface area contributed by atoms with E-state index >= 15 is 0 Å². The van der Waals surface area contributed by atoms with E-state index in [0.29, 0.717) is 17.2 Å². The molecule has 0 radical (unpaired) electrons. The second kappa shape index (κ2) is 5.89. The van der Waals surface area contributed by atoms with Crippen molar-refractivity contribution in [2.24, 2.45) is 0 Å². The van der Waals surface area contributed by atoms with Crippen molar-refractivity contribution < 1.29 is 9.47 Å². The van der Waals surface area contributed by atoms with Gasteiger partial charge in [0.05, 0.1) is 19.9 Å². The van der Waals surface area contributed by atoms with E-state index < -0.39 is 0 Å². The maximum Gasteiger partial charge on any atom is 0.123 e. The first-order valence-electron chi connectivity index (χ1n) is 5.72. The van der Waals surface area contributed by atoms with Gasteiger partial charge in [-0.3, -0.25) is 5.41 Å². The third-order valence-electron chi connectivity index (χ3n) is 2.75. The van der Waals surface area contributed by atoms with Crippen LogP contribution in [0.5, 0.6) is 11.5 Å². The number of halogens is 1. The zero-order valence-corrected chi connectivity index (χ0v) is 12.3. The van der Waals surface area contributed by atoms with E-state index in [-0.39, 0.29) is 0 Å². The molecule has 2 aromatic carbocycles. The van der Waals surface area contributed by atoms with Crippen molar-refractivity contribution in [1.82, 2.24) is 0 Å². The van der Waals surface area contributed by atoms with Crippen LogP contribution < -0.4 is 9.47 Å². The molecule has 0 saturated heterocycles. The van der Waals surface area contributed by atoms with Crippen LogP contribution in [0.2, 0.25) is 0 Å². The zero-order chi connectivity index (χ0) is 13.8. The lowest BCUT2D eigenvalue weighted by atomic mass is 10.0. The summed E-state index contributed by atoms with van der Waals surface area (Å²) >= 11 is 3.41. The summed E-state index contributed by atoms with van der Waals surface area (Å²) < 4.78 is 11.4. The third kappa shape index (κ3) is 3.15. The monoisotopic (exact) mass is 319 g/mol. The first-order valence-corrected chi connectivity index (χ1v) is 6.51. The average Bonchev–Trinajstić information content (AvgIpc) is 2.45. The number of ether oxygens (including phenoxy) is 2. The lowest BCUT2D eigenvalue weighted by Gasteiger charge is -2.10. The van der Waals surface area contributed by atoms with Crippen molar-refractivity contribution in [2.75, 3.05) is 14.2 Å². The maximum absolute atomic E-state index is 8.28. The van der Waals surface area contributed by atoms with Crippen LogP contribution >= 0.6 is 15.9 Å². The van der Waals surface area contributed by atoms with E-state index in [9.17, 15) is 0 Å². The van der Waals surface area contributed by atoms with Gasteiger partial charge in [-0.1, -0.05) is 28.1 Å². The Balaban J connectivity index is 2.43. The van der Waals surface area contributed by atoms with E-state index in [1.165, 1.54) is 0 Å². The van der Waals surface area contributed by atoms with Crippen molar-refractivity contribution in [3.8, 4) is 11.5 Å². The highest BCUT2D eigenvalue weighted by Gasteiger charge is 2.09. The molecule has 0 spiro atoms. The summed E-state index contributed by atoms with van der Waals surface area (Å²) in [5.74, 6) is 1.35. The largest absolute Gasteiger partial charge is 0.497 e.